The second-order valence-corrected chi connectivity index (χ2v) is 4.92. The third-order valence-electron chi connectivity index (χ3n) is 2.73. The zero-order valence-corrected chi connectivity index (χ0v) is 9.15. The minimum absolute atomic E-state index is 0.620. The molecular weight excluding hydrogens is 180 g/mol. The molecule has 74 valence electrons. The molecule has 1 fully saturated rings. The molecule has 0 amide bonds. The fourth-order valence-corrected chi connectivity index (χ4v) is 3.03. The van der Waals surface area contributed by atoms with Gasteiger partial charge in [0.05, 0.1) is 6.04 Å². The Kier molecular flexibility index (Phi) is 3.14. The summed E-state index contributed by atoms with van der Waals surface area (Å²) in [5.74, 6) is 1.25. The SMILES string of the molecule is CCCCCC1CN2CCSC2=N1. The van der Waals surface area contributed by atoms with E-state index in [1.54, 1.807) is 0 Å². The average molecular weight is 198 g/mol. The van der Waals surface area contributed by atoms with Crippen LogP contribution in [0, 0.1) is 0 Å². The van der Waals surface area contributed by atoms with Crippen LogP contribution < -0.4 is 0 Å². The topological polar surface area (TPSA) is 15.6 Å². The first-order valence-corrected chi connectivity index (χ1v) is 6.34. The maximum absolute atomic E-state index is 4.73. The van der Waals surface area contributed by atoms with E-state index in [9.17, 15) is 0 Å². The summed E-state index contributed by atoms with van der Waals surface area (Å²) in [4.78, 5) is 7.17. The van der Waals surface area contributed by atoms with Gasteiger partial charge in [0.15, 0.2) is 5.17 Å². The van der Waals surface area contributed by atoms with Crippen LogP contribution in [0.3, 0.4) is 0 Å². The molecule has 1 saturated heterocycles. The molecule has 0 aromatic heterocycles. The van der Waals surface area contributed by atoms with Gasteiger partial charge in [-0.25, -0.2) is 0 Å². The van der Waals surface area contributed by atoms with E-state index in [1.807, 2.05) is 11.8 Å². The largest absolute Gasteiger partial charge is 0.348 e. The van der Waals surface area contributed by atoms with Crippen molar-refractivity contribution in [1.82, 2.24) is 4.90 Å². The molecule has 0 aliphatic carbocycles. The van der Waals surface area contributed by atoms with Crippen molar-refractivity contribution in [2.75, 3.05) is 18.8 Å². The number of unbranched alkanes of at least 4 members (excludes halogenated alkanes) is 2. The second kappa shape index (κ2) is 4.36. The highest BCUT2D eigenvalue weighted by Crippen LogP contribution is 2.26. The van der Waals surface area contributed by atoms with Crippen molar-refractivity contribution < 1.29 is 0 Å². The van der Waals surface area contributed by atoms with Crippen LogP contribution in [-0.4, -0.2) is 35.0 Å². The molecule has 2 nitrogen and oxygen atoms in total. The molecule has 2 rings (SSSR count). The highest BCUT2D eigenvalue weighted by atomic mass is 32.2. The van der Waals surface area contributed by atoms with Gasteiger partial charge in [-0.15, -0.1) is 0 Å². The summed E-state index contributed by atoms with van der Waals surface area (Å²) in [6.45, 7) is 4.69. The zero-order valence-electron chi connectivity index (χ0n) is 8.33. The lowest BCUT2D eigenvalue weighted by molar-refractivity contribution is 0.437. The molecule has 0 N–H and O–H groups in total. The number of hydrogen-bond donors (Lipinski definition) is 0. The monoisotopic (exact) mass is 198 g/mol. The van der Waals surface area contributed by atoms with Gasteiger partial charge < -0.3 is 4.90 Å². The Labute approximate surface area is 84.8 Å². The lowest BCUT2D eigenvalue weighted by Gasteiger charge is -2.11. The Morgan fingerprint density at radius 1 is 1.54 bits per heavy atom. The van der Waals surface area contributed by atoms with Crippen LogP contribution in [0.2, 0.25) is 0 Å². The van der Waals surface area contributed by atoms with E-state index >= 15 is 0 Å². The molecule has 0 spiro atoms. The summed E-state index contributed by atoms with van der Waals surface area (Å²) in [6, 6.07) is 0.620. The quantitative estimate of drug-likeness (QED) is 0.644. The van der Waals surface area contributed by atoms with Gasteiger partial charge in [-0.1, -0.05) is 37.9 Å². The third-order valence-corrected chi connectivity index (χ3v) is 3.74. The third kappa shape index (κ3) is 2.19. The summed E-state index contributed by atoms with van der Waals surface area (Å²) in [6.07, 6.45) is 5.35. The van der Waals surface area contributed by atoms with Crippen molar-refractivity contribution in [2.24, 2.45) is 4.99 Å². The Bertz CT molecular complexity index is 203. The minimum Gasteiger partial charge on any atom is -0.348 e. The van der Waals surface area contributed by atoms with E-state index in [1.165, 1.54) is 49.7 Å². The van der Waals surface area contributed by atoms with Gasteiger partial charge >= 0.3 is 0 Å². The van der Waals surface area contributed by atoms with Crippen LogP contribution >= 0.6 is 11.8 Å². The van der Waals surface area contributed by atoms with Crippen LogP contribution in [0.4, 0.5) is 0 Å². The standard InChI is InChI=1S/C10H18N2S/c1-2-3-4-5-9-8-12-6-7-13-10(12)11-9/h9H,2-8H2,1H3. The Hall–Kier alpha value is -0.180. The highest BCUT2D eigenvalue weighted by molar-refractivity contribution is 8.14. The van der Waals surface area contributed by atoms with Crippen molar-refractivity contribution in [3.63, 3.8) is 0 Å². The number of hydrogen-bond acceptors (Lipinski definition) is 3. The molecule has 0 aromatic carbocycles. The van der Waals surface area contributed by atoms with Crippen LogP contribution in [0.1, 0.15) is 32.6 Å². The maximum Gasteiger partial charge on any atom is 0.159 e. The summed E-state index contributed by atoms with van der Waals surface area (Å²) in [5, 5.41) is 1.32. The highest BCUT2D eigenvalue weighted by Gasteiger charge is 2.28. The van der Waals surface area contributed by atoms with E-state index < -0.39 is 0 Å². The van der Waals surface area contributed by atoms with E-state index in [-0.39, 0.29) is 0 Å². The summed E-state index contributed by atoms with van der Waals surface area (Å²) in [5.41, 5.74) is 0. The first-order chi connectivity index (χ1) is 6.40. The molecule has 0 radical (unpaired) electrons. The van der Waals surface area contributed by atoms with Crippen molar-refractivity contribution in [3.8, 4) is 0 Å². The summed E-state index contributed by atoms with van der Waals surface area (Å²) >= 11 is 1.93. The summed E-state index contributed by atoms with van der Waals surface area (Å²) in [7, 11) is 0. The molecule has 2 aliphatic rings. The van der Waals surface area contributed by atoms with Crippen LogP contribution in [0.5, 0.6) is 0 Å². The normalized spacial score (nSPS) is 26.4. The fraction of sp³-hybridized carbons (Fsp3) is 0.900. The Balaban J connectivity index is 1.75. The smallest absolute Gasteiger partial charge is 0.159 e. The second-order valence-electron chi connectivity index (χ2n) is 3.86. The molecule has 13 heavy (non-hydrogen) atoms. The molecule has 0 bridgehead atoms. The molecule has 1 atom stereocenters. The predicted octanol–water partition coefficient (Wildman–Crippen LogP) is 2.35. The van der Waals surface area contributed by atoms with E-state index in [4.69, 9.17) is 4.99 Å². The average Bonchev–Trinajstić information content (AvgIpc) is 2.64. The van der Waals surface area contributed by atoms with Gasteiger partial charge in [-0.3, -0.25) is 4.99 Å². The van der Waals surface area contributed by atoms with Gasteiger partial charge in [-0.2, -0.15) is 0 Å². The Morgan fingerprint density at radius 2 is 2.46 bits per heavy atom. The van der Waals surface area contributed by atoms with Crippen molar-refractivity contribution in [1.29, 1.82) is 0 Å². The first kappa shape index (κ1) is 9.38. The van der Waals surface area contributed by atoms with E-state index in [0.717, 1.165) is 0 Å². The van der Waals surface area contributed by atoms with Crippen LogP contribution in [0.15, 0.2) is 4.99 Å². The van der Waals surface area contributed by atoms with Crippen molar-refractivity contribution in [3.05, 3.63) is 0 Å². The van der Waals surface area contributed by atoms with Gasteiger partial charge in [0.25, 0.3) is 0 Å². The summed E-state index contributed by atoms with van der Waals surface area (Å²) < 4.78 is 0. The van der Waals surface area contributed by atoms with Crippen LogP contribution in [0.25, 0.3) is 0 Å². The van der Waals surface area contributed by atoms with Gasteiger partial charge in [0.2, 0.25) is 0 Å². The van der Waals surface area contributed by atoms with E-state index in [2.05, 4.69) is 11.8 Å². The minimum atomic E-state index is 0.620. The molecule has 2 heterocycles. The maximum atomic E-state index is 4.73. The number of rotatable bonds is 4. The molecule has 2 aliphatic heterocycles. The number of aliphatic imine (C=N–C) groups is 1. The molecular formula is C10H18N2S. The van der Waals surface area contributed by atoms with Gasteiger partial charge in [0, 0.05) is 18.8 Å². The molecule has 0 aromatic rings. The lowest BCUT2D eigenvalue weighted by atomic mass is 10.1. The predicted molar refractivity (Wildman–Crippen MR) is 59.4 cm³/mol. The zero-order chi connectivity index (χ0) is 9.10. The Morgan fingerprint density at radius 3 is 3.23 bits per heavy atom. The number of nitrogens with zero attached hydrogens (tertiary/aromatic N) is 2. The lowest BCUT2D eigenvalue weighted by Crippen LogP contribution is -2.24. The fourth-order valence-electron chi connectivity index (χ4n) is 1.96. The molecule has 0 saturated carbocycles. The van der Waals surface area contributed by atoms with Crippen molar-refractivity contribution >= 4 is 16.9 Å². The molecule has 3 heteroatoms. The van der Waals surface area contributed by atoms with Crippen LogP contribution in [-0.2, 0) is 0 Å². The molecule has 1 unspecified atom stereocenters. The first-order valence-electron chi connectivity index (χ1n) is 5.35. The van der Waals surface area contributed by atoms with Gasteiger partial charge in [0.1, 0.15) is 0 Å². The van der Waals surface area contributed by atoms with Gasteiger partial charge in [-0.05, 0) is 6.42 Å². The number of fused-ring (bicyclic) bond motifs is 1. The number of thioether (sulfide) groups is 1. The number of amidine groups is 1. The van der Waals surface area contributed by atoms with Crippen molar-refractivity contribution in [2.45, 2.75) is 38.6 Å². The van der Waals surface area contributed by atoms with E-state index in [0.29, 0.717) is 6.04 Å².